The van der Waals surface area contributed by atoms with Crippen molar-refractivity contribution in [2.45, 2.75) is 18.3 Å². The molecule has 3 amide bonds. The van der Waals surface area contributed by atoms with E-state index in [1.165, 1.54) is 31.3 Å². The summed E-state index contributed by atoms with van der Waals surface area (Å²) in [7, 11) is 1.41. The average Bonchev–Trinajstić information content (AvgIpc) is 3.04. The van der Waals surface area contributed by atoms with Crippen LogP contribution in [0.25, 0.3) is 0 Å². The molecule has 2 rings (SSSR count). The van der Waals surface area contributed by atoms with Gasteiger partial charge in [0.05, 0.1) is 5.75 Å². The Bertz CT molecular complexity index is 707. The minimum Gasteiger partial charge on any atom is -0.481 e. The molecule has 128 valence electrons. The first kappa shape index (κ1) is 17.7. The zero-order chi connectivity index (χ0) is 17.5. The number of carbonyl (C=O) groups excluding carboxylic acids is 2. The number of thioether (sulfide) groups is 1. The van der Waals surface area contributed by atoms with Gasteiger partial charge in [-0.1, -0.05) is 11.8 Å². The zero-order valence-corrected chi connectivity index (χ0v) is 13.7. The second kappa shape index (κ2) is 8.29. The van der Waals surface area contributed by atoms with Crippen LogP contribution in [0, 0.1) is 5.82 Å². The van der Waals surface area contributed by atoms with Crippen molar-refractivity contribution in [3.8, 4) is 5.75 Å². The molecule has 24 heavy (non-hydrogen) atoms. The van der Waals surface area contributed by atoms with E-state index in [9.17, 15) is 14.0 Å². The molecular weight excluding hydrogens is 339 g/mol. The topological polar surface area (TPSA) is 106 Å². The summed E-state index contributed by atoms with van der Waals surface area (Å²) in [5.74, 6) is -0.228. The Hall–Kier alpha value is -2.62. The van der Waals surface area contributed by atoms with Gasteiger partial charge in [-0.3, -0.25) is 10.1 Å². The number of nitrogens with zero attached hydrogens (tertiary/aromatic N) is 2. The van der Waals surface area contributed by atoms with E-state index in [2.05, 4.69) is 20.8 Å². The third kappa shape index (κ3) is 5.23. The van der Waals surface area contributed by atoms with Gasteiger partial charge in [0.15, 0.2) is 6.10 Å². The van der Waals surface area contributed by atoms with Crippen molar-refractivity contribution in [3.05, 3.63) is 36.0 Å². The Morgan fingerprint density at radius 3 is 2.71 bits per heavy atom. The van der Waals surface area contributed by atoms with Crippen molar-refractivity contribution in [2.24, 2.45) is 0 Å². The van der Waals surface area contributed by atoms with Crippen LogP contribution < -0.4 is 15.4 Å². The predicted octanol–water partition coefficient (Wildman–Crippen LogP) is 1.90. The summed E-state index contributed by atoms with van der Waals surface area (Å²) in [6, 6.07) is 4.94. The number of ether oxygens (including phenoxy) is 1. The lowest BCUT2D eigenvalue weighted by molar-refractivity contribution is -0.117. The van der Waals surface area contributed by atoms with E-state index in [1.807, 2.05) is 0 Å². The highest BCUT2D eigenvalue weighted by Crippen LogP contribution is 2.23. The van der Waals surface area contributed by atoms with Crippen LogP contribution >= 0.6 is 11.8 Å². The fourth-order valence-corrected chi connectivity index (χ4v) is 2.13. The van der Waals surface area contributed by atoms with E-state index in [0.29, 0.717) is 5.75 Å². The summed E-state index contributed by atoms with van der Waals surface area (Å²) >= 11 is 0.990. The molecule has 2 aromatic rings. The molecule has 0 aliphatic heterocycles. The molecule has 1 heterocycles. The molecule has 0 aliphatic rings. The van der Waals surface area contributed by atoms with Crippen LogP contribution in [0.15, 0.2) is 33.9 Å². The van der Waals surface area contributed by atoms with Crippen molar-refractivity contribution in [1.29, 1.82) is 0 Å². The van der Waals surface area contributed by atoms with Crippen LogP contribution in [-0.2, 0) is 4.79 Å². The summed E-state index contributed by atoms with van der Waals surface area (Å²) in [6.07, 6.45) is -0.544. The van der Waals surface area contributed by atoms with E-state index < -0.39 is 18.0 Å². The normalized spacial score (nSPS) is 11.6. The predicted molar refractivity (Wildman–Crippen MR) is 83.1 cm³/mol. The molecule has 0 radical (unpaired) electrons. The molecule has 0 aliphatic carbocycles. The van der Waals surface area contributed by atoms with Gasteiger partial charge in [-0.25, -0.2) is 9.18 Å². The first-order chi connectivity index (χ1) is 11.5. The quantitative estimate of drug-likeness (QED) is 0.763. The third-order valence-electron chi connectivity index (χ3n) is 2.70. The number of hydrogen-bond acceptors (Lipinski definition) is 7. The Morgan fingerprint density at radius 1 is 1.33 bits per heavy atom. The zero-order valence-electron chi connectivity index (χ0n) is 12.9. The van der Waals surface area contributed by atoms with Gasteiger partial charge in [0, 0.05) is 7.05 Å². The largest absolute Gasteiger partial charge is 0.481 e. The van der Waals surface area contributed by atoms with E-state index in [4.69, 9.17) is 9.15 Å². The molecular formula is C14H15FN4O4S. The number of amides is 3. The number of hydrogen-bond donors (Lipinski definition) is 2. The number of halogens is 1. The highest BCUT2D eigenvalue weighted by Gasteiger charge is 2.17. The standard InChI is InChI=1S/C14H15FN4O4S/c1-8(22-10-5-3-9(15)4-6-10)12-18-19-14(23-12)24-7-11(20)17-13(21)16-2/h3-6,8H,7H2,1-2H3,(H2,16,17,20,21)/t8-/m1/s1. The number of carbonyl (C=O) groups is 2. The highest BCUT2D eigenvalue weighted by atomic mass is 32.2. The Morgan fingerprint density at radius 2 is 2.04 bits per heavy atom. The Labute approximate surface area is 141 Å². The lowest BCUT2D eigenvalue weighted by Crippen LogP contribution is -2.38. The minimum atomic E-state index is -0.590. The molecule has 0 unspecified atom stereocenters. The van der Waals surface area contributed by atoms with Crippen LogP contribution in [0.2, 0.25) is 0 Å². The van der Waals surface area contributed by atoms with Crippen molar-refractivity contribution >= 4 is 23.7 Å². The first-order valence-corrected chi connectivity index (χ1v) is 7.86. The van der Waals surface area contributed by atoms with E-state index >= 15 is 0 Å². The van der Waals surface area contributed by atoms with Crippen LogP contribution in [0.1, 0.15) is 18.9 Å². The van der Waals surface area contributed by atoms with Gasteiger partial charge in [0.2, 0.25) is 5.91 Å². The van der Waals surface area contributed by atoms with Crippen molar-refractivity contribution in [3.63, 3.8) is 0 Å². The summed E-state index contributed by atoms with van der Waals surface area (Å²) in [5, 5.41) is 12.2. The van der Waals surface area contributed by atoms with Gasteiger partial charge in [0.25, 0.3) is 11.1 Å². The summed E-state index contributed by atoms with van der Waals surface area (Å²) in [4.78, 5) is 22.4. The lowest BCUT2D eigenvalue weighted by atomic mass is 10.3. The molecule has 0 fully saturated rings. The second-order valence-electron chi connectivity index (χ2n) is 4.54. The molecule has 1 aromatic carbocycles. The van der Waals surface area contributed by atoms with Crippen LogP contribution in [0.5, 0.6) is 5.75 Å². The number of urea groups is 1. The number of imide groups is 1. The second-order valence-corrected chi connectivity index (χ2v) is 5.46. The maximum atomic E-state index is 12.8. The molecule has 0 spiro atoms. The average molecular weight is 354 g/mol. The molecule has 2 N–H and O–H groups in total. The van der Waals surface area contributed by atoms with Crippen molar-refractivity contribution in [1.82, 2.24) is 20.8 Å². The van der Waals surface area contributed by atoms with Gasteiger partial charge in [-0.2, -0.15) is 0 Å². The number of nitrogens with one attached hydrogen (secondary N) is 2. The number of benzene rings is 1. The highest BCUT2D eigenvalue weighted by molar-refractivity contribution is 7.99. The minimum absolute atomic E-state index is 0.0533. The van der Waals surface area contributed by atoms with Crippen LogP contribution in [-0.4, -0.2) is 34.9 Å². The maximum absolute atomic E-state index is 12.8. The molecule has 10 heteroatoms. The van der Waals surface area contributed by atoms with Gasteiger partial charge < -0.3 is 14.5 Å². The van der Waals surface area contributed by atoms with Gasteiger partial charge in [-0.15, -0.1) is 10.2 Å². The van der Waals surface area contributed by atoms with Crippen molar-refractivity contribution < 1.29 is 23.1 Å². The van der Waals surface area contributed by atoms with E-state index in [-0.39, 0.29) is 22.7 Å². The Balaban J connectivity index is 1.86. The molecule has 1 atom stereocenters. The monoisotopic (exact) mass is 354 g/mol. The molecule has 0 bridgehead atoms. The van der Waals surface area contributed by atoms with Gasteiger partial charge in [-0.05, 0) is 31.2 Å². The van der Waals surface area contributed by atoms with Gasteiger partial charge in [0.1, 0.15) is 11.6 Å². The van der Waals surface area contributed by atoms with Crippen LogP contribution in [0.3, 0.4) is 0 Å². The molecule has 1 aromatic heterocycles. The van der Waals surface area contributed by atoms with Gasteiger partial charge >= 0.3 is 6.03 Å². The molecule has 0 saturated carbocycles. The lowest BCUT2D eigenvalue weighted by Gasteiger charge is -2.10. The number of aromatic nitrogens is 2. The van der Waals surface area contributed by atoms with Crippen LogP contribution in [0.4, 0.5) is 9.18 Å². The summed E-state index contributed by atoms with van der Waals surface area (Å²) in [6.45, 7) is 1.70. The smallest absolute Gasteiger partial charge is 0.321 e. The Kier molecular flexibility index (Phi) is 6.13. The molecule has 0 saturated heterocycles. The summed E-state index contributed by atoms with van der Waals surface area (Å²) in [5.41, 5.74) is 0. The SMILES string of the molecule is CNC(=O)NC(=O)CSc1nnc([C@@H](C)Oc2ccc(F)cc2)o1. The first-order valence-electron chi connectivity index (χ1n) is 6.88. The maximum Gasteiger partial charge on any atom is 0.321 e. The summed E-state index contributed by atoms with van der Waals surface area (Å²) < 4.78 is 23.8. The fraction of sp³-hybridized carbons (Fsp3) is 0.286. The van der Waals surface area contributed by atoms with E-state index in [1.54, 1.807) is 6.92 Å². The van der Waals surface area contributed by atoms with Crippen molar-refractivity contribution in [2.75, 3.05) is 12.8 Å². The number of rotatable bonds is 6. The third-order valence-corrected chi connectivity index (χ3v) is 3.52. The fourth-order valence-electron chi connectivity index (χ4n) is 1.56. The van der Waals surface area contributed by atoms with E-state index in [0.717, 1.165) is 11.8 Å². The molecule has 8 nitrogen and oxygen atoms in total.